The summed E-state index contributed by atoms with van der Waals surface area (Å²) < 4.78 is 2.62. The Morgan fingerprint density at radius 3 is 2.71 bits per heavy atom. The second kappa shape index (κ2) is 7.76. The fourth-order valence-electron chi connectivity index (χ4n) is 4.25. The Hall–Kier alpha value is -2.72. The summed E-state index contributed by atoms with van der Waals surface area (Å²) >= 11 is 3.59. The van der Waals surface area contributed by atoms with E-state index in [9.17, 15) is 0 Å². The van der Waals surface area contributed by atoms with Crippen LogP contribution in [0.2, 0.25) is 0 Å². The molecule has 1 aliphatic heterocycles. The minimum Gasteiger partial charge on any atom is -0.340 e. The molecule has 4 heterocycles. The first-order valence-corrected chi connectivity index (χ1v) is 11.3. The van der Waals surface area contributed by atoms with E-state index in [4.69, 9.17) is 15.0 Å². The lowest BCUT2D eigenvalue weighted by Crippen LogP contribution is -2.54. The number of anilines is 2. The van der Waals surface area contributed by atoms with Crippen LogP contribution in [0.15, 0.2) is 28.9 Å². The Bertz CT molecular complexity index is 1240. The van der Waals surface area contributed by atoms with E-state index in [0.717, 1.165) is 52.0 Å². The average Bonchev–Trinajstić information content (AvgIpc) is 3.29. The number of imidazole rings is 1. The molecule has 10 heteroatoms. The summed E-state index contributed by atoms with van der Waals surface area (Å²) in [6, 6.07) is 6.98. The lowest BCUT2D eigenvalue weighted by Gasteiger charge is -2.36. The molecule has 0 radical (unpaired) electrons. The number of benzene rings is 1. The number of rotatable bonds is 4. The highest BCUT2D eigenvalue weighted by molar-refractivity contribution is 9.10. The summed E-state index contributed by atoms with van der Waals surface area (Å²) in [7, 11) is 2.00. The van der Waals surface area contributed by atoms with Gasteiger partial charge in [-0.3, -0.25) is 0 Å². The molecule has 31 heavy (non-hydrogen) atoms. The van der Waals surface area contributed by atoms with Gasteiger partial charge in [-0.05, 0) is 54.4 Å². The molecule has 162 valence electrons. The van der Waals surface area contributed by atoms with Crippen molar-refractivity contribution >= 4 is 44.5 Å². The molecule has 0 aliphatic carbocycles. The van der Waals surface area contributed by atoms with Crippen LogP contribution in [0.3, 0.4) is 0 Å². The summed E-state index contributed by atoms with van der Waals surface area (Å²) in [6.45, 7) is 8.75. The smallest absolute Gasteiger partial charge is 0.232 e. The number of nitrogens with one attached hydrogen (secondary N) is 2. The molecule has 3 aromatic heterocycles. The molecule has 1 fully saturated rings. The van der Waals surface area contributed by atoms with Gasteiger partial charge in [0.2, 0.25) is 11.9 Å². The third-order valence-corrected chi connectivity index (χ3v) is 6.11. The highest BCUT2D eigenvalue weighted by Gasteiger charge is 2.25. The van der Waals surface area contributed by atoms with Crippen LogP contribution >= 0.6 is 15.9 Å². The summed E-state index contributed by atoms with van der Waals surface area (Å²) in [5, 5.41) is 8.06. The van der Waals surface area contributed by atoms with Gasteiger partial charge in [0.1, 0.15) is 5.82 Å². The highest BCUT2D eigenvalue weighted by atomic mass is 79.9. The molecule has 1 saturated heterocycles. The molecular formula is C21H26BrN9. The van der Waals surface area contributed by atoms with Crippen LogP contribution in [0, 0.1) is 6.92 Å². The third kappa shape index (κ3) is 3.85. The number of fused-ring (bicyclic) bond motifs is 2. The number of aryl methyl sites for hydroxylation is 1. The quantitative estimate of drug-likeness (QED) is 0.461. The van der Waals surface area contributed by atoms with Crippen molar-refractivity contribution in [2.24, 2.45) is 0 Å². The van der Waals surface area contributed by atoms with Gasteiger partial charge in [0, 0.05) is 32.2 Å². The van der Waals surface area contributed by atoms with Crippen LogP contribution < -0.4 is 15.1 Å². The van der Waals surface area contributed by atoms with E-state index in [1.807, 2.05) is 13.1 Å². The van der Waals surface area contributed by atoms with E-state index in [2.05, 4.69) is 74.0 Å². The molecule has 0 bridgehead atoms. The topological polar surface area (TPSA) is 90.3 Å². The number of aromatic nitrogens is 6. The van der Waals surface area contributed by atoms with Gasteiger partial charge in [-0.2, -0.15) is 19.6 Å². The second-order valence-corrected chi connectivity index (χ2v) is 9.34. The fourth-order valence-corrected chi connectivity index (χ4v) is 4.60. The van der Waals surface area contributed by atoms with Gasteiger partial charge >= 0.3 is 0 Å². The minimum atomic E-state index is 0.372. The van der Waals surface area contributed by atoms with E-state index < -0.39 is 0 Å². The first-order valence-electron chi connectivity index (χ1n) is 10.5. The molecule has 5 rings (SSSR count). The molecule has 4 aromatic rings. The van der Waals surface area contributed by atoms with Crippen LogP contribution in [0.5, 0.6) is 0 Å². The summed E-state index contributed by atoms with van der Waals surface area (Å²) in [5.74, 6) is 2.32. The normalized spacial score (nSPS) is 19.5. The Labute approximate surface area is 189 Å². The van der Waals surface area contributed by atoms with E-state index in [1.165, 1.54) is 5.56 Å². The van der Waals surface area contributed by atoms with Crippen molar-refractivity contribution in [3.8, 4) is 0 Å². The maximum absolute atomic E-state index is 4.92. The van der Waals surface area contributed by atoms with Crippen LogP contribution in [-0.4, -0.2) is 61.8 Å². The molecule has 2 N–H and O–H groups in total. The monoisotopic (exact) mass is 483 g/mol. The zero-order valence-electron chi connectivity index (χ0n) is 18.1. The lowest BCUT2D eigenvalue weighted by atomic mass is 10.1. The summed E-state index contributed by atoms with van der Waals surface area (Å²) in [4.78, 5) is 22.2. The minimum absolute atomic E-state index is 0.372. The Balaban J connectivity index is 1.51. The van der Waals surface area contributed by atoms with E-state index in [-0.39, 0.29) is 0 Å². The summed E-state index contributed by atoms with van der Waals surface area (Å²) in [5.41, 5.74) is 3.97. The zero-order chi connectivity index (χ0) is 21.7. The molecular weight excluding hydrogens is 458 g/mol. The molecule has 1 aromatic carbocycles. The Kier molecular flexibility index (Phi) is 5.05. The average molecular weight is 484 g/mol. The molecule has 0 spiro atoms. The van der Waals surface area contributed by atoms with Crippen molar-refractivity contribution in [1.29, 1.82) is 0 Å². The van der Waals surface area contributed by atoms with Gasteiger partial charge in [-0.1, -0.05) is 6.07 Å². The number of piperazine rings is 1. The number of aromatic amines is 1. The molecule has 2 atom stereocenters. The van der Waals surface area contributed by atoms with Crippen molar-refractivity contribution in [3.63, 3.8) is 0 Å². The number of halogens is 1. The van der Waals surface area contributed by atoms with Gasteiger partial charge in [0.05, 0.1) is 28.2 Å². The third-order valence-electron chi connectivity index (χ3n) is 5.55. The zero-order valence-corrected chi connectivity index (χ0v) is 19.7. The molecule has 9 nitrogen and oxygen atoms in total. The standard InChI is InChI=1S/C21H26BrN9/c1-12-5-6-16-17(7-12)26-18(25-16)11-29(4)21-28-20(27-19-15(22)8-23-31(19)21)30-9-13(2)24-14(3)10-30/h5-8,13-14,24H,9-11H2,1-4H3,(H,25,26)/t13-,14+. The predicted molar refractivity (Wildman–Crippen MR) is 126 cm³/mol. The largest absolute Gasteiger partial charge is 0.340 e. The first-order chi connectivity index (χ1) is 14.9. The van der Waals surface area contributed by atoms with Crippen molar-refractivity contribution in [3.05, 3.63) is 40.3 Å². The fraction of sp³-hybridized carbons (Fsp3) is 0.429. The van der Waals surface area contributed by atoms with Crippen LogP contribution in [0.4, 0.5) is 11.9 Å². The molecule has 1 aliphatic rings. The van der Waals surface area contributed by atoms with Crippen molar-refractivity contribution in [2.75, 3.05) is 29.9 Å². The number of nitrogens with zero attached hydrogens (tertiary/aromatic N) is 7. The SMILES string of the molecule is Cc1ccc2nc(CN(C)c3nc(N4C[C@@H](C)N[C@@H](C)C4)nc4c(Br)cnn34)[nH]c2c1. The lowest BCUT2D eigenvalue weighted by molar-refractivity contribution is 0.403. The van der Waals surface area contributed by atoms with Gasteiger partial charge < -0.3 is 20.1 Å². The molecule has 0 saturated carbocycles. The number of hydrogen-bond donors (Lipinski definition) is 2. The van der Waals surface area contributed by atoms with Crippen molar-refractivity contribution in [1.82, 2.24) is 34.9 Å². The van der Waals surface area contributed by atoms with E-state index in [0.29, 0.717) is 18.6 Å². The predicted octanol–water partition coefficient (Wildman–Crippen LogP) is 2.89. The second-order valence-electron chi connectivity index (χ2n) is 8.49. The van der Waals surface area contributed by atoms with Crippen LogP contribution in [-0.2, 0) is 6.54 Å². The number of hydrogen-bond acceptors (Lipinski definition) is 7. The molecule has 0 unspecified atom stereocenters. The van der Waals surface area contributed by atoms with Gasteiger partial charge in [0.25, 0.3) is 0 Å². The Morgan fingerprint density at radius 2 is 1.94 bits per heavy atom. The summed E-state index contributed by atoms with van der Waals surface area (Å²) in [6.07, 6.45) is 1.76. The molecule has 0 amide bonds. The highest BCUT2D eigenvalue weighted by Crippen LogP contribution is 2.25. The van der Waals surface area contributed by atoms with Gasteiger partial charge in [-0.15, -0.1) is 0 Å². The van der Waals surface area contributed by atoms with Gasteiger partial charge in [-0.25, -0.2) is 4.98 Å². The maximum Gasteiger partial charge on any atom is 0.232 e. The van der Waals surface area contributed by atoms with Crippen LogP contribution in [0.1, 0.15) is 25.2 Å². The van der Waals surface area contributed by atoms with E-state index in [1.54, 1.807) is 10.7 Å². The maximum atomic E-state index is 4.92. The van der Waals surface area contributed by atoms with Gasteiger partial charge in [0.15, 0.2) is 5.65 Å². The van der Waals surface area contributed by atoms with Crippen molar-refractivity contribution < 1.29 is 0 Å². The van der Waals surface area contributed by atoms with Crippen LogP contribution in [0.25, 0.3) is 16.7 Å². The Morgan fingerprint density at radius 1 is 1.16 bits per heavy atom. The number of H-pyrrole nitrogens is 1. The van der Waals surface area contributed by atoms with E-state index >= 15 is 0 Å². The van der Waals surface area contributed by atoms with Crippen molar-refractivity contribution in [2.45, 2.75) is 39.4 Å². The first kappa shape index (κ1) is 20.2.